The quantitative estimate of drug-likeness (QED) is 0.634. The highest BCUT2D eigenvalue weighted by molar-refractivity contribution is 7.99. The molecule has 0 aliphatic rings. The number of rotatable bonds is 7. The summed E-state index contributed by atoms with van der Waals surface area (Å²) in [6.45, 7) is 6.35. The summed E-state index contributed by atoms with van der Waals surface area (Å²) in [6, 6.07) is 14.0. The summed E-state index contributed by atoms with van der Waals surface area (Å²) in [6.07, 6.45) is 0. The van der Waals surface area contributed by atoms with E-state index < -0.39 is 5.91 Å². The number of aryl methyl sites for hydroxylation is 3. The third-order valence-electron chi connectivity index (χ3n) is 4.01. The molecular weight excluding hydrogens is 360 g/mol. The Bertz CT molecular complexity index is 968. The van der Waals surface area contributed by atoms with Gasteiger partial charge in [0.05, 0.1) is 11.4 Å². The van der Waals surface area contributed by atoms with Crippen molar-refractivity contribution in [3.63, 3.8) is 0 Å². The summed E-state index contributed by atoms with van der Waals surface area (Å²) in [5, 5.41) is 9.16. The number of carbonyl (C=O) groups excluding carboxylic acids is 1. The molecule has 3 aromatic rings. The third-order valence-corrected chi connectivity index (χ3v) is 4.96. The fourth-order valence-corrected chi connectivity index (χ4v) is 3.38. The Morgan fingerprint density at radius 2 is 1.89 bits per heavy atom. The van der Waals surface area contributed by atoms with Crippen LogP contribution in [0.3, 0.4) is 0 Å². The van der Waals surface area contributed by atoms with E-state index in [0.29, 0.717) is 11.0 Å². The van der Waals surface area contributed by atoms with E-state index in [0.717, 1.165) is 28.1 Å². The van der Waals surface area contributed by atoms with Crippen LogP contribution in [0.1, 0.15) is 22.5 Å². The summed E-state index contributed by atoms with van der Waals surface area (Å²) in [4.78, 5) is 11.2. The molecule has 2 aromatic carbocycles. The topological polar surface area (TPSA) is 83.0 Å². The van der Waals surface area contributed by atoms with Crippen molar-refractivity contribution >= 4 is 17.7 Å². The summed E-state index contributed by atoms with van der Waals surface area (Å²) in [5.41, 5.74) is 9.60. The van der Waals surface area contributed by atoms with Crippen molar-refractivity contribution in [1.82, 2.24) is 14.8 Å². The lowest BCUT2D eigenvalue weighted by molar-refractivity contribution is -0.115. The van der Waals surface area contributed by atoms with Gasteiger partial charge in [0.25, 0.3) is 0 Å². The van der Waals surface area contributed by atoms with Crippen molar-refractivity contribution in [2.75, 3.05) is 5.75 Å². The van der Waals surface area contributed by atoms with Crippen LogP contribution in [0.5, 0.6) is 5.75 Å². The van der Waals surface area contributed by atoms with Crippen LogP contribution in [0.15, 0.2) is 47.6 Å². The van der Waals surface area contributed by atoms with Gasteiger partial charge in [0.2, 0.25) is 5.91 Å². The van der Waals surface area contributed by atoms with Crippen molar-refractivity contribution in [3.8, 4) is 11.4 Å². The number of nitrogens with two attached hydrogens (primary N) is 1. The molecule has 3 rings (SSSR count). The number of nitrogens with zero attached hydrogens (tertiary/aromatic N) is 3. The van der Waals surface area contributed by atoms with Crippen LogP contribution in [-0.4, -0.2) is 26.4 Å². The van der Waals surface area contributed by atoms with Crippen LogP contribution in [0.25, 0.3) is 5.69 Å². The van der Waals surface area contributed by atoms with Gasteiger partial charge in [0.1, 0.15) is 12.4 Å². The van der Waals surface area contributed by atoms with E-state index in [2.05, 4.69) is 28.4 Å². The van der Waals surface area contributed by atoms with Crippen molar-refractivity contribution in [2.45, 2.75) is 32.5 Å². The van der Waals surface area contributed by atoms with Gasteiger partial charge in [0, 0.05) is 0 Å². The normalized spacial score (nSPS) is 10.8. The lowest BCUT2D eigenvalue weighted by Gasteiger charge is -2.14. The number of aromatic nitrogens is 3. The zero-order valence-electron chi connectivity index (χ0n) is 15.6. The van der Waals surface area contributed by atoms with Gasteiger partial charge >= 0.3 is 0 Å². The van der Waals surface area contributed by atoms with Crippen molar-refractivity contribution < 1.29 is 9.53 Å². The molecule has 2 N–H and O–H groups in total. The number of thioether (sulfide) groups is 1. The van der Waals surface area contributed by atoms with E-state index in [9.17, 15) is 4.79 Å². The SMILES string of the molecule is Cc1cccc(OCc2nnc(SCC(N)=O)n2-c2cc(C)ccc2C)c1. The number of hydrogen-bond donors (Lipinski definition) is 1. The molecule has 0 aliphatic heterocycles. The van der Waals surface area contributed by atoms with Gasteiger partial charge in [-0.25, -0.2) is 0 Å². The summed E-state index contributed by atoms with van der Waals surface area (Å²) in [7, 11) is 0. The molecule has 27 heavy (non-hydrogen) atoms. The Labute approximate surface area is 162 Å². The molecule has 0 atom stereocenters. The summed E-state index contributed by atoms with van der Waals surface area (Å²) in [5.74, 6) is 1.18. The monoisotopic (exact) mass is 382 g/mol. The van der Waals surface area contributed by atoms with Crippen molar-refractivity contribution in [1.29, 1.82) is 0 Å². The fourth-order valence-electron chi connectivity index (χ4n) is 2.68. The molecule has 0 saturated heterocycles. The number of hydrogen-bond acceptors (Lipinski definition) is 5. The molecule has 0 spiro atoms. The molecule has 0 saturated carbocycles. The lowest BCUT2D eigenvalue weighted by atomic mass is 10.1. The van der Waals surface area contributed by atoms with E-state index in [4.69, 9.17) is 10.5 Å². The fraction of sp³-hybridized carbons (Fsp3) is 0.250. The Morgan fingerprint density at radius 3 is 2.63 bits per heavy atom. The Hall–Kier alpha value is -2.80. The molecule has 0 unspecified atom stereocenters. The molecule has 1 heterocycles. The van der Waals surface area contributed by atoms with Gasteiger partial charge in [-0.3, -0.25) is 9.36 Å². The number of carbonyl (C=O) groups is 1. The minimum absolute atomic E-state index is 0.141. The van der Waals surface area contributed by atoms with E-state index in [-0.39, 0.29) is 12.4 Å². The van der Waals surface area contributed by atoms with Crippen molar-refractivity contribution in [2.24, 2.45) is 5.73 Å². The molecule has 1 aromatic heterocycles. The number of ether oxygens (including phenoxy) is 1. The van der Waals surface area contributed by atoms with E-state index in [1.54, 1.807) is 0 Å². The zero-order valence-corrected chi connectivity index (χ0v) is 16.4. The van der Waals surface area contributed by atoms with E-state index in [1.807, 2.05) is 49.6 Å². The second kappa shape index (κ2) is 8.26. The molecule has 6 nitrogen and oxygen atoms in total. The zero-order chi connectivity index (χ0) is 19.4. The molecule has 0 aliphatic carbocycles. The average molecular weight is 382 g/mol. The highest BCUT2D eigenvalue weighted by atomic mass is 32.2. The second-order valence-corrected chi connectivity index (χ2v) is 7.33. The van der Waals surface area contributed by atoms with Gasteiger partial charge in [-0.15, -0.1) is 10.2 Å². The minimum Gasteiger partial charge on any atom is -0.486 e. The predicted molar refractivity (Wildman–Crippen MR) is 106 cm³/mol. The van der Waals surface area contributed by atoms with E-state index >= 15 is 0 Å². The Morgan fingerprint density at radius 1 is 1.11 bits per heavy atom. The maximum absolute atomic E-state index is 11.2. The van der Waals surface area contributed by atoms with Gasteiger partial charge in [-0.1, -0.05) is 36.0 Å². The van der Waals surface area contributed by atoms with E-state index in [1.165, 1.54) is 11.8 Å². The molecule has 7 heteroatoms. The Balaban J connectivity index is 1.95. The van der Waals surface area contributed by atoms with Crippen molar-refractivity contribution in [3.05, 3.63) is 65.0 Å². The first-order valence-corrected chi connectivity index (χ1v) is 9.55. The summed E-state index contributed by atoms with van der Waals surface area (Å²) < 4.78 is 7.86. The van der Waals surface area contributed by atoms with Gasteiger partial charge in [-0.05, 0) is 55.7 Å². The maximum atomic E-state index is 11.2. The van der Waals surface area contributed by atoms with Crippen LogP contribution >= 0.6 is 11.8 Å². The first-order valence-electron chi connectivity index (χ1n) is 8.56. The molecule has 0 fully saturated rings. The molecule has 1 amide bonds. The average Bonchev–Trinajstić information content (AvgIpc) is 3.03. The number of primary amides is 1. The number of benzene rings is 2. The molecule has 0 radical (unpaired) electrons. The van der Waals surface area contributed by atoms with Crippen LogP contribution in [-0.2, 0) is 11.4 Å². The van der Waals surface area contributed by atoms with Crippen LogP contribution in [0, 0.1) is 20.8 Å². The molecular formula is C20H22N4O2S. The first kappa shape index (κ1) is 19.0. The van der Waals surface area contributed by atoms with Gasteiger partial charge in [0.15, 0.2) is 11.0 Å². The summed E-state index contributed by atoms with van der Waals surface area (Å²) >= 11 is 1.27. The number of amides is 1. The third kappa shape index (κ3) is 4.68. The standard InChI is InChI=1S/C20H22N4O2S/c1-13-5-4-6-16(9-13)26-11-19-22-23-20(27-12-18(21)25)24(19)17-10-14(2)7-8-15(17)3/h4-10H,11-12H2,1-3H3,(H2,21,25). The maximum Gasteiger partial charge on any atom is 0.227 e. The largest absolute Gasteiger partial charge is 0.486 e. The minimum atomic E-state index is -0.395. The lowest BCUT2D eigenvalue weighted by Crippen LogP contribution is -2.14. The first-order chi connectivity index (χ1) is 12.9. The Kier molecular flexibility index (Phi) is 5.81. The second-order valence-electron chi connectivity index (χ2n) is 6.38. The van der Waals surface area contributed by atoms with Gasteiger partial charge in [-0.2, -0.15) is 0 Å². The van der Waals surface area contributed by atoms with Crippen LogP contribution in [0.4, 0.5) is 0 Å². The van der Waals surface area contributed by atoms with Crippen LogP contribution in [0.2, 0.25) is 0 Å². The molecule has 140 valence electrons. The highest BCUT2D eigenvalue weighted by Gasteiger charge is 2.17. The smallest absolute Gasteiger partial charge is 0.227 e. The predicted octanol–water partition coefficient (Wildman–Crippen LogP) is 3.35. The highest BCUT2D eigenvalue weighted by Crippen LogP contribution is 2.26. The van der Waals surface area contributed by atoms with Gasteiger partial charge < -0.3 is 10.5 Å². The molecule has 0 bridgehead atoms. The van der Waals surface area contributed by atoms with Crippen LogP contribution < -0.4 is 10.5 Å².